The average Bonchev–Trinajstić information content (AvgIpc) is 2.61. The molecular formula is C11H13N3OS. The molecule has 0 saturated heterocycles. The molecular weight excluding hydrogens is 222 g/mol. The highest BCUT2D eigenvalue weighted by atomic mass is 32.1. The van der Waals surface area contributed by atoms with Crippen LogP contribution in [0.5, 0.6) is 5.75 Å². The molecule has 16 heavy (non-hydrogen) atoms. The fraction of sp³-hybridized carbons (Fsp3) is 0.273. The highest BCUT2D eigenvalue weighted by molar-refractivity contribution is 7.71. The van der Waals surface area contributed by atoms with Gasteiger partial charge in [0.1, 0.15) is 5.75 Å². The van der Waals surface area contributed by atoms with E-state index in [0.717, 1.165) is 11.4 Å². The van der Waals surface area contributed by atoms with Gasteiger partial charge in [0.2, 0.25) is 0 Å². The minimum atomic E-state index is 0.244. The first-order valence-electron chi connectivity index (χ1n) is 5.06. The van der Waals surface area contributed by atoms with E-state index in [9.17, 15) is 5.11 Å². The fourth-order valence-corrected chi connectivity index (χ4v) is 1.94. The van der Waals surface area contributed by atoms with Crippen LogP contribution in [0.2, 0.25) is 0 Å². The van der Waals surface area contributed by atoms with Crippen molar-refractivity contribution in [2.24, 2.45) is 0 Å². The lowest BCUT2D eigenvalue weighted by Crippen LogP contribution is -2.03. The lowest BCUT2D eigenvalue weighted by atomic mass is 10.2. The normalized spacial score (nSPS) is 10.9. The number of nitrogens with one attached hydrogen (secondary N) is 1. The summed E-state index contributed by atoms with van der Waals surface area (Å²) in [7, 11) is 0. The molecule has 0 unspecified atom stereocenters. The van der Waals surface area contributed by atoms with Crippen LogP contribution in [0.1, 0.15) is 19.9 Å². The zero-order valence-electron chi connectivity index (χ0n) is 9.14. The molecule has 0 amide bonds. The van der Waals surface area contributed by atoms with Gasteiger partial charge in [0.15, 0.2) is 10.6 Å². The van der Waals surface area contributed by atoms with Crippen LogP contribution in [0.15, 0.2) is 24.3 Å². The van der Waals surface area contributed by atoms with Crippen LogP contribution in [-0.2, 0) is 0 Å². The monoisotopic (exact) mass is 235 g/mol. The number of phenolic OH excluding ortho intramolecular Hbond substituents is 1. The third-order valence-electron chi connectivity index (χ3n) is 2.35. The van der Waals surface area contributed by atoms with Crippen LogP contribution < -0.4 is 0 Å². The topological polar surface area (TPSA) is 53.8 Å². The first-order chi connectivity index (χ1) is 7.59. The van der Waals surface area contributed by atoms with E-state index in [1.54, 1.807) is 12.1 Å². The maximum Gasteiger partial charge on any atom is 0.195 e. The number of phenols is 1. The molecule has 0 aliphatic carbocycles. The quantitative estimate of drug-likeness (QED) is 0.787. The Kier molecular flexibility index (Phi) is 2.78. The Morgan fingerprint density at radius 3 is 2.50 bits per heavy atom. The van der Waals surface area contributed by atoms with Gasteiger partial charge in [-0.3, -0.25) is 9.67 Å². The summed E-state index contributed by atoms with van der Waals surface area (Å²) in [6, 6.07) is 7.16. The van der Waals surface area contributed by atoms with Crippen molar-refractivity contribution in [1.29, 1.82) is 0 Å². The van der Waals surface area contributed by atoms with Crippen LogP contribution in [0, 0.1) is 4.77 Å². The number of benzene rings is 1. The lowest BCUT2D eigenvalue weighted by molar-refractivity contribution is 0.475. The second kappa shape index (κ2) is 4.09. The van der Waals surface area contributed by atoms with Crippen LogP contribution in [0.3, 0.4) is 0 Å². The van der Waals surface area contributed by atoms with Gasteiger partial charge in [-0.1, -0.05) is 0 Å². The zero-order chi connectivity index (χ0) is 11.7. The molecule has 0 radical (unpaired) electrons. The highest BCUT2D eigenvalue weighted by Gasteiger charge is 2.10. The summed E-state index contributed by atoms with van der Waals surface area (Å²) in [6.07, 6.45) is 0. The van der Waals surface area contributed by atoms with Crippen LogP contribution in [-0.4, -0.2) is 19.9 Å². The van der Waals surface area contributed by atoms with Gasteiger partial charge in [0.05, 0.1) is 0 Å². The molecule has 4 nitrogen and oxygen atoms in total. The summed E-state index contributed by atoms with van der Waals surface area (Å²) in [5.74, 6) is 1.04. The van der Waals surface area contributed by atoms with Gasteiger partial charge in [-0.25, -0.2) is 0 Å². The molecule has 2 rings (SSSR count). The second-order valence-electron chi connectivity index (χ2n) is 3.86. The van der Waals surface area contributed by atoms with E-state index in [0.29, 0.717) is 4.77 Å². The van der Waals surface area contributed by atoms with Gasteiger partial charge >= 0.3 is 0 Å². The number of nitrogens with zero attached hydrogens (tertiary/aromatic N) is 2. The summed E-state index contributed by atoms with van der Waals surface area (Å²) in [6.45, 7) is 4.10. The van der Waals surface area contributed by atoms with E-state index in [-0.39, 0.29) is 11.8 Å². The van der Waals surface area contributed by atoms with Crippen molar-refractivity contribution in [2.45, 2.75) is 19.9 Å². The third-order valence-corrected chi connectivity index (χ3v) is 2.63. The molecule has 2 aromatic rings. The standard InChI is InChI=1S/C11H13N3OS/c1-7(2)14-10(12-13-11(14)16)8-3-5-9(15)6-4-8/h3-7,15H,1-2H3,(H,13,16). The van der Waals surface area contributed by atoms with Crippen molar-refractivity contribution >= 4 is 12.2 Å². The number of rotatable bonds is 2. The van der Waals surface area contributed by atoms with E-state index in [1.165, 1.54) is 0 Å². The van der Waals surface area contributed by atoms with E-state index in [1.807, 2.05) is 16.7 Å². The minimum Gasteiger partial charge on any atom is -0.508 e. The maximum atomic E-state index is 9.23. The Balaban J connectivity index is 2.56. The van der Waals surface area contributed by atoms with Crippen LogP contribution in [0.4, 0.5) is 0 Å². The summed E-state index contributed by atoms with van der Waals surface area (Å²) in [4.78, 5) is 0. The van der Waals surface area contributed by atoms with Crippen molar-refractivity contribution < 1.29 is 5.11 Å². The highest BCUT2D eigenvalue weighted by Crippen LogP contribution is 2.22. The van der Waals surface area contributed by atoms with Crippen LogP contribution >= 0.6 is 12.2 Å². The van der Waals surface area contributed by atoms with Crippen LogP contribution in [0.25, 0.3) is 11.4 Å². The van der Waals surface area contributed by atoms with E-state index < -0.39 is 0 Å². The molecule has 0 fully saturated rings. The SMILES string of the molecule is CC(C)n1c(-c2ccc(O)cc2)n[nH]c1=S. The summed E-state index contributed by atoms with van der Waals surface area (Å²) in [5, 5.41) is 16.2. The summed E-state index contributed by atoms with van der Waals surface area (Å²) < 4.78 is 2.56. The van der Waals surface area contributed by atoms with Gasteiger partial charge in [0, 0.05) is 11.6 Å². The molecule has 1 aromatic carbocycles. The molecule has 0 aliphatic rings. The van der Waals surface area contributed by atoms with Crippen molar-refractivity contribution in [1.82, 2.24) is 14.8 Å². The maximum absolute atomic E-state index is 9.23. The molecule has 84 valence electrons. The summed E-state index contributed by atoms with van der Waals surface area (Å²) in [5.41, 5.74) is 0.929. The third kappa shape index (κ3) is 1.86. The molecule has 0 saturated carbocycles. The smallest absolute Gasteiger partial charge is 0.195 e. The number of aromatic nitrogens is 3. The molecule has 2 N–H and O–H groups in total. The Morgan fingerprint density at radius 1 is 1.31 bits per heavy atom. The Morgan fingerprint density at radius 2 is 1.94 bits per heavy atom. The first-order valence-corrected chi connectivity index (χ1v) is 5.46. The average molecular weight is 235 g/mol. The van der Waals surface area contributed by atoms with Gasteiger partial charge < -0.3 is 5.11 Å². The first kappa shape index (κ1) is 10.9. The Hall–Kier alpha value is -1.62. The van der Waals surface area contributed by atoms with E-state index in [2.05, 4.69) is 24.0 Å². The zero-order valence-corrected chi connectivity index (χ0v) is 9.95. The fourth-order valence-electron chi connectivity index (χ4n) is 1.60. The number of H-pyrrole nitrogens is 1. The second-order valence-corrected chi connectivity index (χ2v) is 4.25. The molecule has 0 aliphatic heterocycles. The van der Waals surface area contributed by atoms with Gasteiger partial charge in [-0.2, -0.15) is 5.10 Å². The Bertz CT molecular complexity index is 539. The minimum absolute atomic E-state index is 0.244. The van der Waals surface area contributed by atoms with Gasteiger partial charge in [-0.05, 0) is 50.3 Å². The van der Waals surface area contributed by atoms with Crippen molar-refractivity contribution in [2.75, 3.05) is 0 Å². The predicted molar refractivity (Wildman–Crippen MR) is 64.9 cm³/mol. The van der Waals surface area contributed by atoms with E-state index >= 15 is 0 Å². The number of aromatic amines is 1. The van der Waals surface area contributed by atoms with Gasteiger partial charge in [0.25, 0.3) is 0 Å². The number of aromatic hydroxyl groups is 1. The van der Waals surface area contributed by atoms with E-state index in [4.69, 9.17) is 12.2 Å². The lowest BCUT2D eigenvalue weighted by Gasteiger charge is -2.10. The van der Waals surface area contributed by atoms with Gasteiger partial charge in [-0.15, -0.1) is 0 Å². The van der Waals surface area contributed by atoms with Crippen molar-refractivity contribution in [3.05, 3.63) is 29.0 Å². The predicted octanol–water partition coefficient (Wildman–Crippen LogP) is 2.89. The molecule has 0 bridgehead atoms. The molecule has 0 atom stereocenters. The van der Waals surface area contributed by atoms with Crippen molar-refractivity contribution in [3.63, 3.8) is 0 Å². The number of hydrogen-bond acceptors (Lipinski definition) is 3. The largest absolute Gasteiger partial charge is 0.508 e. The molecule has 0 spiro atoms. The summed E-state index contributed by atoms with van der Waals surface area (Å²) >= 11 is 5.17. The molecule has 5 heteroatoms. The Labute approximate surface area is 98.6 Å². The molecule has 1 aromatic heterocycles. The number of hydrogen-bond donors (Lipinski definition) is 2. The molecule has 1 heterocycles. The van der Waals surface area contributed by atoms with Crippen molar-refractivity contribution in [3.8, 4) is 17.1 Å².